The molecule has 4 atom stereocenters. The summed E-state index contributed by atoms with van der Waals surface area (Å²) in [4.78, 5) is 13.1. The second kappa shape index (κ2) is 8.74. The van der Waals surface area contributed by atoms with E-state index in [2.05, 4.69) is 5.32 Å². The van der Waals surface area contributed by atoms with Gasteiger partial charge in [-0.3, -0.25) is 4.79 Å². The number of ketones is 1. The number of nitrogens with one attached hydrogen (secondary N) is 1. The van der Waals surface area contributed by atoms with Crippen molar-refractivity contribution in [1.29, 1.82) is 0 Å². The summed E-state index contributed by atoms with van der Waals surface area (Å²) >= 11 is 0. The molecule has 29 heavy (non-hydrogen) atoms. The molecule has 1 aliphatic rings. The molecule has 2 aromatic rings. The van der Waals surface area contributed by atoms with E-state index in [-0.39, 0.29) is 29.7 Å². The number of ether oxygens (including phenoxy) is 4. The third kappa shape index (κ3) is 3.90. The number of methoxy groups -OCH3 is 4. The van der Waals surface area contributed by atoms with Gasteiger partial charge in [0.15, 0.2) is 23.0 Å². The average molecular weight is 399 g/mol. The third-order valence-corrected chi connectivity index (χ3v) is 5.79. The minimum Gasteiger partial charge on any atom is -0.493 e. The van der Waals surface area contributed by atoms with Crippen LogP contribution >= 0.6 is 0 Å². The molecule has 2 aromatic carbocycles. The molecule has 6 heteroatoms. The molecule has 0 bridgehead atoms. The number of carbonyl (C=O) groups is 1. The van der Waals surface area contributed by atoms with Crippen LogP contribution in [0, 0.1) is 11.8 Å². The van der Waals surface area contributed by atoms with Gasteiger partial charge in [0.05, 0.1) is 28.4 Å². The van der Waals surface area contributed by atoms with Gasteiger partial charge in [0.2, 0.25) is 0 Å². The topological polar surface area (TPSA) is 66.0 Å². The Morgan fingerprint density at radius 2 is 1.03 bits per heavy atom. The fraction of sp³-hybridized carbons (Fsp3) is 0.435. The highest BCUT2D eigenvalue weighted by Gasteiger charge is 2.40. The fourth-order valence-corrected chi connectivity index (χ4v) is 4.09. The first kappa shape index (κ1) is 21.0. The molecule has 0 aliphatic carbocycles. The zero-order valence-electron chi connectivity index (χ0n) is 17.8. The van der Waals surface area contributed by atoms with Gasteiger partial charge >= 0.3 is 0 Å². The molecule has 156 valence electrons. The van der Waals surface area contributed by atoms with E-state index >= 15 is 0 Å². The molecule has 1 saturated heterocycles. The molecule has 6 nitrogen and oxygen atoms in total. The van der Waals surface area contributed by atoms with E-state index in [0.29, 0.717) is 23.0 Å². The van der Waals surface area contributed by atoms with Gasteiger partial charge in [-0.05, 0) is 35.4 Å². The first-order valence-corrected chi connectivity index (χ1v) is 9.68. The van der Waals surface area contributed by atoms with Crippen LogP contribution in [-0.4, -0.2) is 34.2 Å². The summed E-state index contributed by atoms with van der Waals surface area (Å²) in [5.41, 5.74) is 1.97. The summed E-state index contributed by atoms with van der Waals surface area (Å²) in [5, 5.41) is 3.68. The molecular weight excluding hydrogens is 370 g/mol. The number of hydrogen-bond acceptors (Lipinski definition) is 6. The van der Waals surface area contributed by atoms with Gasteiger partial charge in [-0.25, -0.2) is 0 Å². The van der Waals surface area contributed by atoms with E-state index in [1.54, 1.807) is 28.4 Å². The van der Waals surface area contributed by atoms with Crippen LogP contribution in [0.1, 0.15) is 37.1 Å². The van der Waals surface area contributed by atoms with Gasteiger partial charge in [-0.1, -0.05) is 26.0 Å². The van der Waals surface area contributed by atoms with Gasteiger partial charge < -0.3 is 24.3 Å². The highest BCUT2D eigenvalue weighted by molar-refractivity contribution is 5.85. The van der Waals surface area contributed by atoms with E-state index in [1.165, 1.54) is 0 Å². The van der Waals surface area contributed by atoms with Crippen LogP contribution in [0.25, 0.3) is 0 Å². The van der Waals surface area contributed by atoms with Crippen LogP contribution in [0.2, 0.25) is 0 Å². The summed E-state index contributed by atoms with van der Waals surface area (Å²) in [6.07, 6.45) is 0. The Morgan fingerprint density at radius 1 is 0.655 bits per heavy atom. The number of Topliss-reactive ketones (excluding diaryl/α,β-unsaturated/α-hetero) is 1. The summed E-state index contributed by atoms with van der Waals surface area (Å²) in [5.74, 6) is 2.51. The van der Waals surface area contributed by atoms with Gasteiger partial charge in [-0.2, -0.15) is 0 Å². The van der Waals surface area contributed by atoms with E-state index in [9.17, 15) is 4.79 Å². The second-order valence-corrected chi connectivity index (χ2v) is 7.33. The Bertz CT molecular complexity index is 812. The molecule has 1 aliphatic heterocycles. The standard InChI is InChI=1S/C23H29NO5/c1-13-21(15-7-9-17(26-3)19(11-15)28-5)24-22(14(2)23(13)25)16-8-10-18(27-4)20(12-16)29-6/h7-14,21-22,24H,1-6H3. The predicted molar refractivity (Wildman–Crippen MR) is 111 cm³/mol. The van der Waals surface area contributed by atoms with Crippen molar-refractivity contribution in [2.75, 3.05) is 28.4 Å². The maximum absolute atomic E-state index is 13.1. The minimum atomic E-state index is -0.167. The number of piperidine rings is 1. The lowest BCUT2D eigenvalue weighted by Gasteiger charge is -2.39. The minimum absolute atomic E-state index is 0.142. The maximum atomic E-state index is 13.1. The summed E-state index contributed by atoms with van der Waals surface area (Å²) in [6.45, 7) is 3.94. The first-order valence-electron chi connectivity index (χ1n) is 9.68. The normalized spacial score (nSPS) is 24.1. The summed E-state index contributed by atoms with van der Waals surface area (Å²) < 4.78 is 21.6. The molecule has 4 unspecified atom stereocenters. The molecule has 0 spiro atoms. The van der Waals surface area contributed by atoms with Gasteiger partial charge in [-0.15, -0.1) is 0 Å². The number of carbonyl (C=O) groups excluding carboxylic acids is 1. The van der Waals surface area contributed by atoms with Crippen molar-refractivity contribution in [2.45, 2.75) is 25.9 Å². The van der Waals surface area contributed by atoms with Crippen LogP contribution < -0.4 is 24.3 Å². The lowest BCUT2D eigenvalue weighted by Crippen LogP contribution is -2.46. The Hall–Kier alpha value is -2.73. The van der Waals surface area contributed by atoms with Crippen molar-refractivity contribution in [3.8, 4) is 23.0 Å². The van der Waals surface area contributed by atoms with Crippen LogP contribution in [0.5, 0.6) is 23.0 Å². The first-order chi connectivity index (χ1) is 13.9. The van der Waals surface area contributed by atoms with E-state index in [4.69, 9.17) is 18.9 Å². The van der Waals surface area contributed by atoms with Crippen LogP contribution in [0.4, 0.5) is 0 Å². The molecule has 1 N–H and O–H groups in total. The molecule has 0 aromatic heterocycles. The van der Waals surface area contributed by atoms with Crippen molar-refractivity contribution in [3.63, 3.8) is 0 Å². The average Bonchev–Trinajstić information content (AvgIpc) is 2.76. The zero-order chi connectivity index (χ0) is 21.1. The SMILES string of the molecule is COc1ccc(C2NC(c3ccc(OC)c(OC)c3)C(C)C(=O)C2C)cc1OC. The van der Waals surface area contributed by atoms with Crippen LogP contribution in [-0.2, 0) is 4.79 Å². The van der Waals surface area contributed by atoms with E-state index < -0.39 is 0 Å². The smallest absolute Gasteiger partial charge is 0.161 e. The molecule has 3 rings (SSSR count). The number of hydrogen-bond donors (Lipinski definition) is 1. The molecular formula is C23H29NO5. The van der Waals surface area contributed by atoms with Crippen molar-refractivity contribution in [1.82, 2.24) is 5.32 Å². The molecule has 1 fully saturated rings. The largest absolute Gasteiger partial charge is 0.493 e. The molecule has 0 amide bonds. The van der Waals surface area contributed by atoms with E-state index in [0.717, 1.165) is 11.1 Å². The Morgan fingerprint density at radius 3 is 1.38 bits per heavy atom. The molecule has 0 saturated carbocycles. The van der Waals surface area contributed by atoms with E-state index in [1.807, 2.05) is 50.2 Å². The Kier molecular flexibility index (Phi) is 6.33. The predicted octanol–water partition coefficient (Wildman–Crippen LogP) is 3.95. The monoisotopic (exact) mass is 399 g/mol. The Balaban J connectivity index is 1.98. The number of rotatable bonds is 6. The highest BCUT2D eigenvalue weighted by Crippen LogP contribution is 2.41. The molecule has 0 radical (unpaired) electrons. The van der Waals surface area contributed by atoms with Gasteiger partial charge in [0.25, 0.3) is 0 Å². The quantitative estimate of drug-likeness (QED) is 0.794. The van der Waals surface area contributed by atoms with Gasteiger partial charge in [0, 0.05) is 23.9 Å². The maximum Gasteiger partial charge on any atom is 0.161 e. The van der Waals surface area contributed by atoms with Gasteiger partial charge in [0.1, 0.15) is 5.78 Å². The highest BCUT2D eigenvalue weighted by atomic mass is 16.5. The van der Waals surface area contributed by atoms with Crippen molar-refractivity contribution in [2.24, 2.45) is 11.8 Å². The second-order valence-electron chi connectivity index (χ2n) is 7.33. The lowest BCUT2D eigenvalue weighted by molar-refractivity contribution is -0.130. The Labute approximate surface area is 172 Å². The zero-order valence-corrected chi connectivity index (χ0v) is 17.8. The van der Waals surface area contributed by atoms with Crippen LogP contribution in [0.15, 0.2) is 36.4 Å². The summed E-state index contributed by atoms with van der Waals surface area (Å²) in [6, 6.07) is 11.3. The third-order valence-electron chi connectivity index (χ3n) is 5.79. The van der Waals surface area contributed by atoms with Crippen molar-refractivity contribution in [3.05, 3.63) is 47.5 Å². The van der Waals surface area contributed by atoms with Crippen molar-refractivity contribution >= 4 is 5.78 Å². The van der Waals surface area contributed by atoms with Crippen LogP contribution in [0.3, 0.4) is 0 Å². The molecule has 1 heterocycles. The van der Waals surface area contributed by atoms with Crippen molar-refractivity contribution < 1.29 is 23.7 Å². The fourth-order valence-electron chi connectivity index (χ4n) is 4.09. The lowest BCUT2D eigenvalue weighted by atomic mass is 9.76. The summed E-state index contributed by atoms with van der Waals surface area (Å²) in [7, 11) is 6.44. The number of benzene rings is 2.